The van der Waals surface area contributed by atoms with Crippen LogP contribution < -0.4 is 5.32 Å². The van der Waals surface area contributed by atoms with E-state index in [1.807, 2.05) is 11.3 Å². The van der Waals surface area contributed by atoms with Crippen LogP contribution in [-0.4, -0.2) is 30.8 Å². The first kappa shape index (κ1) is 12.6. The molecule has 2 aliphatic rings. The highest BCUT2D eigenvalue weighted by atomic mass is 32.1. The molecular formula is C14H22N2OS. The van der Waals surface area contributed by atoms with Crippen LogP contribution in [0.4, 0.5) is 0 Å². The number of hydrogen-bond acceptors (Lipinski definition) is 4. The van der Waals surface area contributed by atoms with Crippen LogP contribution in [0.5, 0.6) is 0 Å². The molecule has 0 aromatic carbocycles. The molecule has 2 heterocycles. The molecule has 0 radical (unpaired) electrons. The summed E-state index contributed by atoms with van der Waals surface area (Å²) in [6, 6.07) is 0.799. The molecule has 0 amide bonds. The fourth-order valence-electron chi connectivity index (χ4n) is 2.73. The van der Waals surface area contributed by atoms with Gasteiger partial charge in [0.1, 0.15) is 0 Å². The van der Waals surface area contributed by atoms with Gasteiger partial charge in [0.15, 0.2) is 0 Å². The highest BCUT2D eigenvalue weighted by Gasteiger charge is 2.35. The zero-order chi connectivity index (χ0) is 12.4. The van der Waals surface area contributed by atoms with Crippen molar-refractivity contribution in [2.24, 2.45) is 5.41 Å². The molecule has 0 bridgehead atoms. The Bertz CT molecular complexity index is 394. The number of nitrogens with one attached hydrogen (secondary N) is 1. The standard InChI is InChI=1S/C14H22N2OS/c1-11-15-9-13(18-11)8-14(4-6-17-7-5-14)10-16-12-2-3-12/h9,12,16H,2-8,10H2,1H3. The van der Waals surface area contributed by atoms with E-state index in [-0.39, 0.29) is 0 Å². The average Bonchev–Trinajstić information content (AvgIpc) is 3.12. The van der Waals surface area contributed by atoms with E-state index in [4.69, 9.17) is 4.74 Å². The molecule has 1 saturated carbocycles. The molecule has 0 atom stereocenters. The first-order valence-corrected chi connectivity index (χ1v) is 7.80. The fraction of sp³-hybridized carbons (Fsp3) is 0.786. The minimum Gasteiger partial charge on any atom is -0.381 e. The number of aromatic nitrogens is 1. The van der Waals surface area contributed by atoms with Crippen molar-refractivity contribution in [2.45, 2.75) is 45.1 Å². The molecule has 2 fully saturated rings. The maximum absolute atomic E-state index is 5.55. The van der Waals surface area contributed by atoms with Gasteiger partial charge in [-0.2, -0.15) is 0 Å². The van der Waals surface area contributed by atoms with E-state index in [1.165, 1.54) is 42.0 Å². The highest BCUT2D eigenvalue weighted by molar-refractivity contribution is 7.11. The monoisotopic (exact) mass is 266 g/mol. The van der Waals surface area contributed by atoms with Gasteiger partial charge in [0.25, 0.3) is 0 Å². The molecule has 1 N–H and O–H groups in total. The SMILES string of the molecule is Cc1ncc(CC2(CNC3CC3)CCOCC2)s1. The van der Waals surface area contributed by atoms with Crippen molar-refractivity contribution in [3.05, 3.63) is 16.1 Å². The van der Waals surface area contributed by atoms with Crippen molar-refractivity contribution in [3.63, 3.8) is 0 Å². The van der Waals surface area contributed by atoms with Gasteiger partial charge in [-0.1, -0.05) is 0 Å². The Hall–Kier alpha value is -0.450. The number of thiazole rings is 1. The summed E-state index contributed by atoms with van der Waals surface area (Å²) in [6.07, 6.45) is 8.34. The lowest BCUT2D eigenvalue weighted by atomic mass is 9.77. The number of aryl methyl sites for hydroxylation is 1. The molecular weight excluding hydrogens is 244 g/mol. The lowest BCUT2D eigenvalue weighted by Gasteiger charge is -2.37. The minimum absolute atomic E-state index is 0.403. The Morgan fingerprint density at radius 3 is 2.83 bits per heavy atom. The summed E-state index contributed by atoms with van der Waals surface area (Å²) < 4.78 is 5.55. The van der Waals surface area contributed by atoms with Gasteiger partial charge in [-0.05, 0) is 44.4 Å². The molecule has 100 valence electrons. The van der Waals surface area contributed by atoms with Crippen molar-refractivity contribution in [2.75, 3.05) is 19.8 Å². The fourth-order valence-corrected chi connectivity index (χ4v) is 3.69. The molecule has 1 aromatic rings. The lowest BCUT2D eigenvalue weighted by molar-refractivity contribution is 0.0151. The predicted octanol–water partition coefficient (Wildman–Crippen LogP) is 2.54. The molecule has 4 heteroatoms. The largest absolute Gasteiger partial charge is 0.381 e. The topological polar surface area (TPSA) is 34.2 Å². The summed E-state index contributed by atoms with van der Waals surface area (Å²) in [5.41, 5.74) is 0.403. The first-order valence-electron chi connectivity index (χ1n) is 6.98. The third-order valence-electron chi connectivity index (χ3n) is 4.11. The third-order valence-corrected chi connectivity index (χ3v) is 5.03. The van der Waals surface area contributed by atoms with Crippen LogP contribution in [0, 0.1) is 12.3 Å². The smallest absolute Gasteiger partial charge is 0.0896 e. The van der Waals surface area contributed by atoms with Gasteiger partial charge < -0.3 is 10.1 Å². The summed E-state index contributed by atoms with van der Waals surface area (Å²) in [7, 11) is 0. The second kappa shape index (κ2) is 5.27. The summed E-state index contributed by atoms with van der Waals surface area (Å²) in [6.45, 7) is 5.08. The van der Waals surface area contributed by atoms with Crippen molar-refractivity contribution in [3.8, 4) is 0 Å². The van der Waals surface area contributed by atoms with Crippen LogP contribution in [0.1, 0.15) is 35.6 Å². The van der Waals surface area contributed by atoms with Crippen LogP contribution in [0.2, 0.25) is 0 Å². The lowest BCUT2D eigenvalue weighted by Crippen LogP contribution is -2.41. The quantitative estimate of drug-likeness (QED) is 0.889. The van der Waals surface area contributed by atoms with E-state index in [0.717, 1.165) is 25.8 Å². The van der Waals surface area contributed by atoms with Crippen molar-refractivity contribution in [1.29, 1.82) is 0 Å². The minimum atomic E-state index is 0.403. The first-order chi connectivity index (χ1) is 8.76. The van der Waals surface area contributed by atoms with E-state index in [9.17, 15) is 0 Å². The van der Waals surface area contributed by atoms with Crippen LogP contribution in [0.15, 0.2) is 6.20 Å². The van der Waals surface area contributed by atoms with Gasteiger partial charge in [-0.25, -0.2) is 4.98 Å². The predicted molar refractivity (Wildman–Crippen MR) is 74.1 cm³/mol. The molecule has 18 heavy (non-hydrogen) atoms. The molecule has 3 rings (SSSR count). The molecule has 1 aromatic heterocycles. The molecule has 1 aliphatic carbocycles. The van der Waals surface area contributed by atoms with Gasteiger partial charge in [0.05, 0.1) is 5.01 Å². The van der Waals surface area contributed by atoms with Crippen LogP contribution in [-0.2, 0) is 11.2 Å². The Balaban J connectivity index is 1.66. The zero-order valence-corrected chi connectivity index (χ0v) is 11.9. The van der Waals surface area contributed by atoms with Crippen LogP contribution >= 0.6 is 11.3 Å². The van der Waals surface area contributed by atoms with Gasteiger partial charge in [0.2, 0.25) is 0 Å². The van der Waals surface area contributed by atoms with Gasteiger partial charge >= 0.3 is 0 Å². The maximum atomic E-state index is 5.55. The third kappa shape index (κ3) is 3.11. The van der Waals surface area contributed by atoms with E-state index in [2.05, 4.69) is 23.4 Å². The number of ether oxygens (including phenoxy) is 1. The molecule has 3 nitrogen and oxygen atoms in total. The van der Waals surface area contributed by atoms with E-state index >= 15 is 0 Å². The van der Waals surface area contributed by atoms with E-state index in [0.29, 0.717) is 5.41 Å². The summed E-state index contributed by atoms with van der Waals surface area (Å²) >= 11 is 1.85. The normalized spacial score (nSPS) is 23.2. The Morgan fingerprint density at radius 2 is 2.22 bits per heavy atom. The molecule has 1 aliphatic heterocycles. The second-order valence-corrected chi connectivity index (χ2v) is 7.11. The van der Waals surface area contributed by atoms with E-state index < -0.39 is 0 Å². The van der Waals surface area contributed by atoms with Crippen LogP contribution in [0.25, 0.3) is 0 Å². The number of hydrogen-bond donors (Lipinski definition) is 1. The average molecular weight is 266 g/mol. The van der Waals surface area contributed by atoms with Crippen LogP contribution in [0.3, 0.4) is 0 Å². The van der Waals surface area contributed by atoms with Crippen molar-refractivity contribution >= 4 is 11.3 Å². The Morgan fingerprint density at radius 1 is 1.44 bits per heavy atom. The second-order valence-electron chi connectivity index (χ2n) is 5.79. The maximum Gasteiger partial charge on any atom is 0.0896 e. The van der Waals surface area contributed by atoms with Crippen molar-refractivity contribution < 1.29 is 4.74 Å². The summed E-state index contributed by atoms with van der Waals surface area (Å²) in [4.78, 5) is 5.82. The van der Waals surface area contributed by atoms with E-state index in [1.54, 1.807) is 0 Å². The summed E-state index contributed by atoms with van der Waals surface area (Å²) in [5, 5.41) is 4.91. The Labute approximate surface area is 113 Å². The van der Waals surface area contributed by atoms with Gasteiger partial charge in [-0.3, -0.25) is 0 Å². The molecule has 0 spiro atoms. The highest BCUT2D eigenvalue weighted by Crippen LogP contribution is 2.36. The summed E-state index contributed by atoms with van der Waals surface area (Å²) in [5.74, 6) is 0. The van der Waals surface area contributed by atoms with Gasteiger partial charge in [-0.15, -0.1) is 11.3 Å². The molecule has 1 saturated heterocycles. The number of rotatable bonds is 5. The number of nitrogens with zero attached hydrogens (tertiary/aromatic N) is 1. The molecule has 0 unspecified atom stereocenters. The zero-order valence-electron chi connectivity index (χ0n) is 11.1. The van der Waals surface area contributed by atoms with Gasteiger partial charge in [0, 0.05) is 36.9 Å². The van der Waals surface area contributed by atoms with Crippen molar-refractivity contribution in [1.82, 2.24) is 10.3 Å². The Kier molecular flexibility index (Phi) is 3.68.